The molecule has 1 heterocycles. The highest BCUT2D eigenvalue weighted by atomic mass is 16.5. The molecule has 0 fully saturated rings. The Morgan fingerprint density at radius 1 is 1.00 bits per heavy atom. The number of carboxylic acid groups (broad SMARTS) is 1. The minimum absolute atomic E-state index is 0.140. The van der Waals surface area contributed by atoms with Crippen LogP contribution in [0, 0.1) is 6.92 Å². The fourth-order valence-corrected chi connectivity index (χ4v) is 3.47. The Bertz CT molecular complexity index is 1130. The number of benzene rings is 2. The highest BCUT2D eigenvalue weighted by Crippen LogP contribution is 2.40. The van der Waals surface area contributed by atoms with Crippen LogP contribution in [0.2, 0.25) is 0 Å². The maximum absolute atomic E-state index is 13.1. The summed E-state index contributed by atoms with van der Waals surface area (Å²) in [4.78, 5) is 24.5. The summed E-state index contributed by atoms with van der Waals surface area (Å²) in [5.74, 6) is 0.450. The lowest BCUT2D eigenvalue weighted by molar-refractivity contribution is -0.137. The van der Waals surface area contributed by atoms with Crippen LogP contribution in [0.3, 0.4) is 0 Å². The second-order valence-corrected chi connectivity index (χ2v) is 6.70. The van der Waals surface area contributed by atoms with E-state index in [4.69, 9.17) is 14.2 Å². The number of carboxylic acids is 1. The number of nitrogens with zero attached hydrogens (tertiary/aromatic N) is 1. The van der Waals surface area contributed by atoms with Crippen molar-refractivity contribution >= 4 is 16.9 Å². The van der Waals surface area contributed by atoms with Gasteiger partial charge in [0.2, 0.25) is 5.75 Å². The Kier molecular flexibility index (Phi) is 5.77. The van der Waals surface area contributed by atoms with Crippen LogP contribution in [0.5, 0.6) is 17.2 Å². The van der Waals surface area contributed by atoms with Crippen molar-refractivity contribution in [2.24, 2.45) is 0 Å². The van der Waals surface area contributed by atoms with Crippen LogP contribution in [0.25, 0.3) is 10.9 Å². The quantitative estimate of drug-likeness (QED) is 0.660. The summed E-state index contributed by atoms with van der Waals surface area (Å²) >= 11 is 0. The topological polar surface area (TPSA) is 87.0 Å². The van der Waals surface area contributed by atoms with Gasteiger partial charge in [0, 0.05) is 29.1 Å². The minimum atomic E-state index is -0.980. The van der Waals surface area contributed by atoms with Gasteiger partial charge in [-0.3, -0.25) is 9.59 Å². The number of hydrogen-bond acceptors (Lipinski definition) is 5. The van der Waals surface area contributed by atoms with Crippen LogP contribution in [-0.2, 0) is 17.8 Å². The lowest BCUT2D eigenvalue weighted by Crippen LogP contribution is -2.18. The van der Waals surface area contributed by atoms with Crippen molar-refractivity contribution in [3.63, 3.8) is 0 Å². The fourth-order valence-electron chi connectivity index (χ4n) is 3.47. The van der Waals surface area contributed by atoms with Gasteiger partial charge in [0.05, 0.1) is 26.8 Å². The average molecular weight is 397 g/mol. The molecule has 0 atom stereocenters. The first-order valence-electron chi connectivity index (χ1n) is 9.02. The molecular weight excluding hydrogens is 374 g/mol. The number of aliphatic carboxylic acids is 1. The Hall–Kier alpha value is -3.48. The van der Waals surface area contributed by atoms with Gasteiger partial charge in [0.15, 0.2) is 16.9 Å². The van der Waals surface area contributed by atoms with Gasteiger partial charge in [-0.05, 0) is 30.7 Å². The third-order valence-electron chi connectivity index (χ3n) is 4.78. The number of aromatic nitrogens is 1. The van der Waals surface area contributed by atoms with Gasteiger partial charge >= 0.3 is 5.97 Å². The molecule has 0 unspecified atom stereocenters. The molecule has 2 aromatic carbocycles. The van der Waals surface area contributed by atoms with E-state index in [1.54, 1.807) is 29.0 Å². The molecular formula is C22H23NO6. The smallest absolute Gasteiger partial charge is 0.323 e. The highest BCUT2D eigenvalue weighted by Gasteiger charge is 2.18. The Morgan fingerprint density at radius 2 is 1.72 bits per heavy atom. The van der Waals surface area contributed by atoms with Crippen molar-refractivity contribution in [1.29, 1.82) is 0 Å². The predicted octanol–water partition coefficient (Wildman–Crippen LogP) is 3.01. The number of aryl methyl sites for hydroxylation is 1. The normalized spacial score (nSPS) is 10.8. The highest BCUT2D eigenvalue weighted by molar-refractivity contribution is 5.82. The van der Waals surface area contributed by atoms with Crippen LogP contribution in [-0.4, -0.2) is 37.0 Å². The average Bonchev–Trinajstić information content (AvgIpc) is 2.70. The molecule has 7 nitrogen and oxygen atoms in total. The summed E-state index contributed by atoms with van der Waals surface area (Å²) in [6.45, 7) is 1.66. The summed E-state index contributed by atoms with van der Waals surface area (Å²) in [6, 6.07) is 8.95. The van der Waals surface area contributed by atoms with E-state index in [1.807, 2.05) is 19.1 Å². The molecule has 0 aliphatic carbocycles. The second-order valence-electron chi connectivity index (χ2n) is 6.70. The molecule has 1 aromatic heterocycles. The molecule has 3 aromatic rings. The number of ether oxygens (including phenoxy) is 3. The number of hydrogen-bond donors (Lipinski definition) is 1. The van der Waals surface area contributed by atoms with Gasteiger partial charge in [-0.2, -0.15) is 0 Å². The molecule has 0 spiro atoms. The van der Waals surface area contributed by atoms with Crippen LogP contribution in [0.1, 0.15) is 16.7 Å². The van der Waals surface area contributed by atoms with E-state index in [0.717, 1.165) is 11.1 Å². The molecule has 3 rings (SSSR count). The first-order valence-corrected chi connectivity index (χ1v) is 9.02. The first kappa shape index (κ1) is 20.3. The lowest BCUT2D eigenvalue weighted by atomic mass is 10.0. The summed E-state index contributed by atoms with van der Waals surface area (Å²) in [5, 5.41) is 9.78. The zero-order chi connectivity index (χ0) is 21.1. The van der Waals surface area contributed by atoms with Crippen molar-refractivity contribution < 1.29 is 24.1 Å². The molecule has 0 amide bonds. The van der Waals surface area contributed by atoms with E-state index in [-0.39, 0.29) is 18.4 Å². The number of fused-ring (bicyclic) bond motifs is 1. The zero-order valence-electron chi connectivity index (χ0n) is 16.8. The standard InChI is InChI=1S/C22H23NO6/c1-13-5-7-16-17(9-13)23(12-19(24)25)11-15(20(16)26)10-14-6-8-18(27-2)22(29-4)21(14)28-3/h5-9,11H,10,12H2,1-4H3,(H,24,25). The van der Waals surface area contributed by atoms with Gasteiger partial charge < -0.3 is 23.9 Å². The summed E-state index contributed by atoms with van der Waals surface area (Å²) in [6.07, 6.45) is 1.86. The van der Waals surface area contributed by atoms with E-state index in [0.29, 0.717) is 33.7 Å². The van der Waals surface area contributed by atoms with Crippen molar-refractivity contribution in [2.75, 3.05) is 21.3 Å². The van der Waals surface area contributed by atoms with Crippen molar-refractivity contribution in [3.8, 4) is 17.2 Å². The maximum Gasteiger partial charge on any atom is 0.323 e. The molecule has 0 radical (unpaired) electrons. The van der Waals surface area contributed by atoms with Gasteiger partial charge in [-0.15, -0.1) is 0 Å². The number of methoxy groups -OCH3 is 3. The lowest BCUT2D eigenvalue weighted by Gasteiger charge is -2.17. The SMILES string of the molecule is COc1ccc(Cc2cn(CC(=O)O)c3cc(C)ccc3c2=O)c(OC)c1OC. The molecule has 29 heavy (non-hydrogen) atoms. The van der Waals surface area contributed by atoms with Crippen LogP contribution < -0.4 is 19.6 Å². The summed E-state index contributed by atoms with van der Waals surface area (Å²) < 4.78 is 17.8. The van der Waals surface area contributed by atoms with Crippen LogP contribution in [0.4, 0.5) is 0 Å². The Balaban J connectivity index is 2.19. The minimum Gasteiger partial charge on any atom is -0.493 e. The number of pyridine rings is 1. The van der Waals surface area contributed by atoms with Crippen molar-refractivity contribution in [1.82, 2.24) is 4.57 Å². The van der Waals surface area contributed by atoms with Crippen molar-refractivity contribution in [3.05, 3.63) is 63.4 Å². The van der Waals surface area contributed by atoms with E-state index in [9.17, 15) is 14.7 Å². The second kappa shape index (κ2) is 8.26. The fraction of sp³-hybridized carbons (Fsp3) is 0.273. The maximum atomic E-state index is 13.1. The molecule has 0 aliphatic rings. The number of carbonyl (C=O) groups is 1. The zero-order valence-corrected chi connectivity index (χ0v) is 16.8. The van der Waals surface area contributed by atoms with E-state index in [1.165, 1.54) is 21.3 Å². The number of rotatable bonds is 7. The van der Waals surface area contributed by atoms with Crippen LogP contribution in [0.15, 0.2) is 41.3 Å². The third-order valence-corrected chi connectivity index (χ3v) is 4.78. The van der Waals surface area contributed by atoms with E-state index >= 15 is 0 Å². The molecule has 0 aliphatic heterocycles. The van der Waals surface area contributed by atoms with Crippen molar-refractivity contribution in [2.45, 2.75) is 19.9 Å². The molecule has 0 bridgehead atoms. The monoisotopic (exact) mass is 397 g/mol. The Labute approximate surface area is 168 Å². The van der Waals surface area contributed by atoms with Gasteiger partial charge in [-0.1, -0.05) is 12.1 Å². The molecule has 7 heteroatoms. The third kappa shape index (κ3) is 3.89. The molecule has 1 N–H and O–H groups in total. The summed E-state index contributed by atoms with van der Waals surface area (Å²) in [5.41, 5.74) is 2.60. The largest absolute Gasteiger partial charge is 0.493 e. The Morgan fingerprint density at radius 3 is 2.34 bits per heavy atom. The summed E-state index contributed by atoms with van der Waals surface area (Å²) in [7, 11) is 4.57. The molecule has 0 saturated heterocycles. The van der Waals surface area contributed by atoms with Gasteiger partial charge in [-0.25, -0.2) is 0 Å². The molecule has 0 saturated carbocycles. The van der Waals surface area contributed by atoms with E-state index in [2.05, 4.69) is 0 Å². The predicted molar refractivity (Wildman–Crippen MR) is 109 cm³/mol. The van der Waals surface area contributed by atoms with Crippen LogP contribution >= 0.6 is 0 Å². The van der Waals surface area contributed by atoms with E-state index < -0.39 is 5.97 Å². The first-order chi connectivity index (χ1) is 13.9. The molecule has 152 valence electrons. The van der Waals surface area contributed by atoms with Gasteiger partial charge in [0.1, 0.15) is 6.54 Å². The van der Waals surface area contributed by atoms with Gasteiger partial charge in [0.25, 0.3) is 0 Å².